The summed E-state index contributed by atoms with van der Waals surface area (Å²) in [5.74, 6) is 0.532. The third-order valence-electron chi connectivity index (χ3n) is 2.49. The molecule has 5 heteroatoms. The van der Waals surface area contributed by atoms with Crippen molar-refractivity contribution in [1.82, 2.24) is 14.8 Å². The average molecular weight is 232 g/mol. The largest absolute Gasteiger partial charge is 0.480 e. The number of aromatic nitrogens is 3. The Morgan fingerprint density at radius 1 is 1.29 bits per heavy atom. The minimum absolute atomic E-state index is 0.532. The summed E-state index contributed by atoms with van der Waals surface area (Å²) in [7, 11) is 1.58. The standard InChI is InChI=1S/C12H16N4O/c1-17-12-3-2-11(14-15-12)9-16-7-5-10(8-16)4-6-13/h2-3,5,7-8H,4,6,9,13H2,1H3. The van der Waals surface area contributed by atoms with Gasteiger partial charge in [0.15, 0.2) is 0 Å². The normalized spacial score (nSPS) is 10.5. The van der Waals surface area contributed by atoms with E-state index in [1.807, 2.05) is 18.3 Å². The average Bonchev–Trinajstić information content (AvgIpc) is 2.78. The predicted molar refractivity (Wildman–Crippen MR) is 64.9 cm³/mol. The van der Waals surface area contributed by atoms with Crippen LogP contribution in [0, 0.1) is 0 Å². The van der Waals surface area contributed by atoms with Crippen LogP contribution < -0.4 is 10.5 Å². The van der Waals surface area contributed by atoms with E-state index in [9.17, 15) is 0 Å². The molecule has 0 fully saturated rings. The van der Waals surface area contributed by atoms with Crippen molar-refractivity contribution in [3.8, 4) is 5.88 Å². The van der Waals surface area contributed by atoms with Crippen LogP contribution in [0.25, 0.3) is 0 Å². The van der Waals surface area contributed by atoms with Crippen LogP contribution in [0.3, 0.4) is 0 Å². The molecule has 0 unspecified atom stereocenters. The number of ether oxygens (including phenoxy) is 1. The van der Waals surface area contributed by atoms with Gasteiger partial charge in [0, 0.05) is 18.5 Å². The number of nitrogens with zero attached hydrogens (tertiary/aromatic N) is 3. The third-order valence-corrected chi connectivity index (χ3v) is 2.49. The van der Waals surface area contributed by atoms with Gasteiger partial charge in [-0.05, 0) is 30.7 Å². The maximum atomic E-state index is 5.51. The van der Waals surface area contributed by atoms with Gasteiger partial charge in [-0.15, -0.1) is 10.2 Å². The van der Waals surface area contributed by atoms with Crippen LogP contribution in [-0.4, -0.2) is 28.4 Å². The molecule has 17 heavy (non-hydrogen) atoms. The first-order valence-electron chi connectivity index (χ1n) is 5.53. The topological polar surface area (TPSA) is 66.0 Å². The molecule has 2 N–H and O–H groups in total. The lowest BCUT2D eigenvalue weighted by molar-refractivity contribution is 0.391. The van der Waals surface area contributed by atoms with Gasteiger partial charge in [0.1, 0.15) is 0 Å². The highest BCUT2D eigenvalue weighted by Crippen LogP contribution is 2.07. The van der Waals surface area contributed by atoms with Crippen molar-refractivity contribution >= 4 is 0 Å². The van der Waals surface area contributed by atoms with Crippen molar-refractivity contribution < 1.29 is 4.74 Å². The van der Waals surface area contributed by atoms with Crippen LogP contribution in [0.15, 0.2) is 30.6 Å². The lowest BCUT2D eigenvalue weighted by atomic mass is 10.2. The zero-order chi connectivity index (χ0) is 12.1. The van der Waals surface area contributed by atoms with E-state index in [0.29, 0.717) is 19.0 Å². The third kappa shape index (κ3) is 3.04. The molecule has 0 aliphatic carbocycles. The Morgan fingerprint density at radius 3 is 2.82 bits per heavy atom. The van der Waals surface area contributed by atoms with Crippen molar-refractivity contribution in [2.45, 2.75) is 13.0 Å². The molecule has 90 valence electrons. The molecule has 0 atom stereocenters. The smallest absolute Gasteiger partial charge is 0.233 e. The Balaban J connectivity index is 2.03. The Bertz CT molecular complexity index is 464. The van der Waals surface area contributed by atoms with Gasteiger partial charge in [-0.1, -0.05) is 0 Å². The number of hydrogen-bond donors (Lipinski definition) is 1. The monoisotopic (exact) mass is 232 g/mol. The van der Waals surface area contributed by atoms with Gasteiger partial charge in [-0.2, -0.15) is 0 Å². The first-order chi connectivity index (χ1) is 8.31. The van der Waals surface area contributed by atoms with E-state index >= 15 is 0 Å². The first kappa shape index (κ1) is 11.6. The number of nitrogens with two attached hydrogens (primary N) is 1. The van der Waals surface area contributed by atoms with Crippen LogP contribution in [0.4, 0.5) is 0 Å². The molecule has 0 amide bonds. The molecule has 0 saturated carbocycles. The molecule has 0 aliphatic rings. The van der Waals surface area contributed by atoms with Crippen molar-refractivity contribution in [2.24, 2.45) is 5.73 Å². The fourth-order valence-electron chi connectivity index (χ4n) is 1.63. The highest BCUT2D eigenvalue weighted by atomic mass is 16.5. The maximum absolute atomic E-state index is 5.51. The fourth-order valence-corrected chi connectivity index (χ4v) is 1.63. The summed E-state index contributed by atoms with van der Waals surface area (Å²) >= 11 is 0. The fraction of sp³-hybridized carbons (Fsp3) is 0.333. The lowest BCUT2D eigenvalue weighted by Crippen LogP contribution is -2.03. The summed E-state index contributed by atoms with van der Waals surface area (Å²) < 4.78 is 7.03. The SMILES string of the molecule is COc1ccc(Cn2ccc(CCN)c2)nn1. The Kier molecular flexibility index (Phi) is 3.72. The quantitative estimate of drug-likeness (QED) is 0.829. The Labute approximate surface area is 100 Å². The molecule has 5 nitrogen and oxygen atoms in total. The van der Waals surface area contributed by atoms with Gasteiger partial charge >= 0.3 is 0 Å². The van der Waals surface area contributed by atoms with Crippen molar-refractivity contribution in [3.05, 3.63) is 41.9 Å². The van der Waals surface area contributed by atoms with E-state index in [2.05, 4.69) is 27.0 Å². The molecular weight excluding hydrogens is 216 g/mol. The maximum Gasteiger partial charge on any atom is 0.233 e. The van der Waals surface area contributed by atoms with Gasteiger partial charge in [0.05, 0.1) is 19.3 Å². The molecule has 2 rings (SSSR count). The van der Waals surface area contributed by atoms with Crippen molar-refractivity contribution in [2.75, 3.05) is 13.7 Å². The second-order valence-electron chi connectivity index (χ2n) is 3.80. The van der Waals surface area contributed by atoms with Crippen LogP contribution >= 0.6 is 0 Å². The van der Waals surface area contributed by atoms with E-state index in [4.69, 9.17) is 10.5 Å². The van der Waals surface area contributed by atoms with Gasteiger partial charge in [-0.25, -0.2) is 0 Å². The van der Waals surface area contributed by atoms with Gasteiger partial charge in [0.2, 0.25) is 5.88 Å². The van der Waals surface area contributed by atoms with Gasteiger partial charge < -0.3 is 15.0 Å². The molecular formula is C12H16N4O. The van der Waals surface area contributed by atoms with Crippen LogP contribution in [0.5, 0.6) is 5.88 Å². The minimum atomic E-state index is 0.532. The molecule has 0 radical (unpaired) electrons. The zero-order valence-corrected chi connectivity index (χ0v) is 9.84. The molecule has 0 spiro atoms. The zero-order valence-electron chi connectivity index (χ0n) is 9.84. The predicted octanol–water partition coefficient (Wildman–Crippen LogP) is 0.836. The summed E-state index contributed by atoms with van der Waals surface area (Å²) in [5.41, 5.74) is 7.66. The van der Waals surface area contributed by atoms with Crippen molar-refractivity contribution in [3.63, 3.8) is 0 Å². The number of methoxy groups -OCH3 is 1. The first-order valence-corrected chi connectivity index (χ1v) is 5.53. The van der Waals surface area contributed by atoms with E-state index in [1.54, 1.807) is 7.11 Å². The van der Waals surface area contributed by atoms with Crippen LogP contribution in [0.1, 0.15) is 11.3 Å². The summed E-state index contributed by atoms with van der Waals surface area (Å²) in [6, 6.07) is 5.80. The van der Waals surface area contributed by atoms with E-state index in [-0.39, 0.29) is 0 Å². The highest BCUT2D eigenvalue weighted by molar-refractivity contribution is 5.14. The molecule has 0 saturated heterocycles. The Hall–Kier alpha value is -1.88. The Morgan fingerprint density at radius 2 is 2.18 bits per heavy atom. The van der Waals surface area contributed by atoms with Crippen molar-refractivity contribution in [1.29, 1.82) is 0 Å². The van der Waals surface area contributed by atoms with E-state index in [1.165, 1.54) is 5.56 Å². The van der Waals surface area contributed by atoms with E-state index in [0.717, 1.165) is 12.1 Å². The second kappa shape index (κ2) is 5.45. The van der Waals surface area contributed by atoms with Crippen LogP contribution in [-0.2, 0) is 13.0 Å². The summed E-state index contributed by atoms with van der Waals surface area (Å²) in [4.78, 5) is 0. The molecule has 0 bridgehead atoms. The number of rotatable bonds is 5. The number of hydrogen-bond acceptors (Lipinski definition) is 4. The molecule has 0 aromatic carbocycles. The van der Waals surface area contributed by atoms with Gasteiger partial charge in [-0.3, -0.25) is 0 Å². The lowest BCUT2D eigenvalue weighted by Gasteiger charge is -2.02. The summed E-state index contributed by atoms with van der Waals surface area (Å²) in [6.45, 7) is 1.38. The minimum Gasteiger partial charge on any atom is -0.480 e. The highest BCUT2D eigenvalue weighted by Gasteiger charge is 2.00. The molecule has 0 aliphatic heterocycles. The molecule has 2 aromatic heterocycles. The van der Waals surface area contributed by atoms with E-state index < -0.39 is 0 Å². The second-order valence-corrected chi connectivity index (χ2v) is 3.80. The van der Waals surface area contributed by atoms with Crippen LogP contribution in [0.2, 0.25) is 0 Å². The summed E-state index contributed by atoms with van der Waals surface area (Å²) in [6.07, 6.45) is 5.01. The van der Waals surface area contributed by atoms with Gasteiger partial charge in [0.25, 0.3) is 0 Å². The molecule has 2 aromatic rings. The summed E-state index contributed by atoms with van der Waals surface area (Å²) in [5, 5.41) is 8.01. The molecule has 2 heterocycles.